The van der Waals surface area contributed by atoms with Crippen LogP contribution < -0.4 is 10.1 Å². The maximum absolute atomic E-state index is 14.1. The van der Waals surface area contributed by atoms with Crippen LogP contribution in [0.2, 0.25) is 0 Å². The Balaban J connectivity index is 1.43. The van der Waals surface area contributed by atoms with Crippen LogP contribution in [0.4, 0.5) is 9.18 Å². The van der Waals surface area contributed by atoms with Crippen molar-refractivity contribution in [3.05, 3.63) is 59.7 Å². The van der Waals surface area contributed by atoms with Gasteiger partial charge in [-0.2, -0.15) is 0 Å². The van der Waals surface area contributed by atoms with Gasteiger partial charge in [0, 0.05) is 43.5 Å². The van der Waals surface area contributed by atoms with E-state index >= 15 is 0 Å². The summed E-state index contributed by atoms with van der Waals surface area (Å²) in [5.74, 6) is -1.03. The smallest absolute Gasteiger partial charge is 0.325 e. The van der Waals surface area contributed by atoms with Crippen molar-refractivity contribution in [1.82, 2.24) is 20.1 Å². The van der Waals surface area contributed by atoms with Gasteiger partial charge in [-0.3, -0.25) is 19.5 Å². The number of carbonyl (C=O) groups excluding carboxylic acids is 3. The van der Waals surface area contributed by atoms with Gasteiger partial charge in [-0.05, 0) is 55.5 Å². The second-order valence-corrected chi connectivity index (χ2v) is 9.10. The minimum absolute atomic E-state index is 0.0876. The molecule has 1 aromatic heterocycles. The molecule has 0 bridgehead atoms. The number of hydrogen-bond donors (Lipinski definition) is 1. The van der Waals surface area contributed by atoms with E-state index in [9.17, 15) is 18.8 Å². The van der Waals surface area contributed by atoms with Crippen LogP contribution in [0, 0.1) is 11.7 Å². The third kappa shape index (κ3) is 4.85. The summed E-state index contributed by atoms with van der Waals surface area (Å²) in [4.78, 5) is 46.6. The van der Waals surface area contributed by atoms with Crippen LogP contribution in [0.1, 0.15) is 48.7 Å². The average Bonchev–Trinajstić information content (AvgIpc) is 3.12. The van der Waals surface area contributed by atoms with Crippen LogP contribution in [0.25, 0.3) is 0 Å². The van der Waals surface area contributed by atoms with Crippen molar-refractivity contribution in [1.29, 1.82) is 0 Å². The molecule has 2 aliphatic rings. The quantitative estimate of drug-likeness (QED) is 0.582. The first-order valence-corrected chi connectivity index (χ1v) is 12.1. The third-order valence-corrected chi connectivity index (χ3v) is 7.04. The zero-order valence-electron chi connectivity index (χ0n) is 20.1. The number of nitrogens with one attached hydrogen (secondary N) is 1. The second kappa shape index (κ2) is 10.4. The molecule has 4 rings (SSSR count). The number of rotatable bonds is 8. The monoisotopic (exact) mass is 482 g/mol. The van der Waals surface area contributed by atoms with Crippen molar-refractivity contribution < 1.29 is 23.5 Å². The number of ether oxygens (including phenoxy) is 1. The number of hydrogen-bond acceptors (Lipinski definition) is 5. The van der Waals surface area contributed by atoms with Crippen LogP contribution in [0.3, 0.4) is 0 Å². The molecule has 2 fully saturated rings. The van der Waals surface area contributed by atoms with Gasteiger partial charge in [-0.15, -0.1) is 0 Å². The minimum Gasteiger partial charge on any atom is -0.494 e. The van der Waals surface area contributed by atoms with Gasteiger partial charge >= 0.3 is 6.03 Å². The normalized spacial score (nSPS) is 20.8. The molecule has 0 saturated carbocycles. The summed E-state index contributed by atoms with van der Waals surface area (Å²) in [6, 6.07) is 9.39. The molecule has 0 aliphatic carbocycles. The van der Waals surface area contributed by atoms with Gasteiger partial charge in [0.15, 0.2) is 11.6 Å². The fourth-order valence-electron chi connectivity index (χ4n) is 5.22. The summed E-state index contributed by atoms with van der Waals surface area (Å²) in [5, 5.41) is 3.02. The molecule has 1 aromatic carbocycles. The molecule has 8 nitrogen and oxygen atoms in total. The van der Waals surface area contributed by atoms with E-state index < -0.39 is 11.4 Å². The van der Waals surface area contributed by atoms with E-state index in [-0.39, 0.29) is 41.6 Å². The highest BCUT2D eigenvalue weighted by Gasteiger charge is 2.55. The molecule has 3 heterocycles. The maximum atomic E-state index is 14.1. The van der Waals surface area contributed by atoms with Gasteiger partial charge in [0.05, 0.1) is 7.11 Å². The molecule has 186 valence electrons. The van der Waals surface area contributed by atoms with E-state index in [1.165, 1.54) is 24.1 Å². The summed E-state index contributed by atoms with van der Waals surface area (Å²) in [5.41, 5.74) is 0.121. The first kappa shape index (κ1) is 24.6. The zero-order valence-corrected chi connectivity index (χ0v) is 20.1. The molecule has 1 unspecified atom stereocenters. The highest BCUT2D eigenvalue weighted by molar-refractivity contribution is 6.07. The van der Waals surface area contributed by atoms with Crippen molar-refractivity contribution in [2.75, 3.05) is 26.7 Å². The molecule has 0 spiro atoms. The van der Waals surface area contributed by atoms with Gasteiger partial charge in [-0.1, -0.05) is 19.4 Å². The van der Waals surface area contributed by atoms with Crippen molar-refractivity contribution in [2.45, 2.75) is 44.6 Å². The highest BCUT2D eigenvalue weighted by Crippen LogP contribution is 2.37. The number of nitrogens with zero attached hydrogens (tertiary/aromatic N) is 3. The van der Waals surface area contributed by atoms with Crippen LogP contribution >= 0.6 is 0 Å². The molecule has 9 heteroatoms. The van der Waals surface area contributed by atoms with Crippen molar-refractivity contribution in [3.63, 3.8) is 0 Å². The molecule has 1 N–H and O–H groups in total. The molecule has 1 atom stereocenters. The number of carbonyl (C=O) groups is 3. The fourth-order valence-corrected chi connectivity index (χ4v) is 5.22. The number of benzene rings is 1. The summed E-state index contributed by atoms with van der Waals surface area (Å²) in [7, 11) is 1.37. The van der Waals surface area contributed by atoms with E-state index in [1.807, 2.05) is 25.1 Å². The Kier molecular flexibility index (Phi) is 7.33. The molecular formula is C26H31FN4O4. The summed E-state index contributed by atoms with van der Waals surface area (Å²) >= 11 is 0. The maximum Gasteiger partial charge on any atom is 0.325 e. The predicted molar refractivity (Wildman–Crippen MR) is 127 cm³/mol. The molecule has 0 radical (unpaired) electrons. The van der Waals surface area contributed by atoms with E-state index in [2.05, 4.69) is 10.3 Å². The second-order valence-electron chi connectivity index (χ2n) is 9.10. The lowest BCUT2D eigenvalue weighted by atomic mass is 9.74. The number of amides is 4. The number of piperidine rings is 1. The Morgan fingerprint density at radius 3 is 2.63 bits per heavy atom. The minimum atomic E-state index is -0.961. The third-order valence-electron chi connectivity index (χ3n) is 7.04. The standard InChI is InChI=1S/C26H31FN4O4/c1-3-12-26(24(33)31(25(34)29-26)16-11-20-6-4-5-13-28-20)19-9-14-30(15-10-19)23(32)18-7-8-22(35-2)21(27)17-18/h4-8,13,17,19H,3,9-12,14-16H2,1-2H3,(H,29,34). The Morgan fingerprint density at radius 1 is 1.23 bits per heavy atom. The van der Waals surface area contributed by atoms with Crippen LogP contribution in [-0.2, 0) is 11.2 Å². The lowest BCUT2D eigenvalue weighted by Crippen LogP contribution is -2.56. The zero-order chi connectivity index (χ0) is 25.0. The van der Waals surface area contributed by atoms with Crippen molar-refractivity contribution >= 4 is 17.8 Å². The van der Waals surface area contributed by atoms with E-state index in [0.29, 0.717) is 38.8 Å². The van der Waals surface area contributed by atoms with Gasteiger partial charge < -0.3 is 15.0 Å². The molecule has 4 amide bonds. The van der Waals surface area contributed by atoms with Gasteiger partial charge in [-0.25, -0.2) is 9.18 Å². The summed E-state index contributed by atoms with van der Waals surface area (Å²) < 4.78 is 19.0. The average molecular weight is 483 g/mol. The van der Waals surface area contributed by atoms with Crippen LogP contribution in [0.5, 0.6) is 5.75 Å². The van der Waals surface area contributed by atoms with Crippen LogP contribution in [0.15, 0.2) is 42.6 Å². The Hall–Kier alpha value is -3.49. The fraction of sp³-hybridized carbons (Fsp3) is 0.462. The number of likely N-dealkylation sites (tertiary alicyclic amines) is 1. The van der Waals surface area contributed by atoms with E-state index in [0.717, 1.165) is 12.1 Å². The molecule has 2 saturated heterocycles. The predicted octanol–water partition coefficient (Wildman–Crippen LogP) is 3.41. The number of methoxy groups -OCH3 is 1. The Bertz CT molecular complexity index is 1090. The topological polar surface area (TPSA) is 91.8 Å². The number of imide groups is 1. The van der Waals surface area contributed by atoms with Crippen molar-refractivity contribution in [3.8, 4) is 5.75 Å². The lowest BCUT2D eigenvalue weighted by Gasteiger charge is -2.41. The highest BCUT2D eigenvalue weighted by atomic mass is 19.1. The van der Waals surface area contributed by atoms with Gasteiger partial charge in [0.1, 0.15) is 5.54 Å². The number of aromatic nitrogens is 1. The lowest BCUT2D eigenvalue weighted by molar-refractivity contribution is -0.134. The number of urea groups is 1. The molecule has 2 aromatic rings. The van der Waals surface area contributed by atoms with Crippen LogP contribution in [-0.4, -0.2) is 64.9 Å². The first-order valence-electron chi connectivity index (χ1n) is 12.1. The summed E-state index contributed by atoms with van der Waals surface area (Å²) in [6.07, 6.45) is 4.62. The number of halogens is 1. The molecule has 35 heavy (non-hydrogen) atoms. The summed E-state index contributed by atoms with van der Waals surface area (Å²) in [6.45, 7) is 3.13. The molecular weight excluding hydrogens is 451 g/mol. The Labute approximate surface area is 204 Å². The van der Waals surface area contributed by atoms with E-state index in [1.54, 1.807) is 17.2 Å². The van der Waals surface area contributed by atoms with E-state index in [4.69, 9.17) is 4.74 Å². The Morgan fingerprint density at radius 2 is 2.00 bits per heavy atom. The van der Waals surface area contributed by atoms with Gasteiger partial charge in [0.25, 0.3) is 11.8 Å². The largest absolute Gasteiger partial charge is 0.494 e. The molecule has 2 aliphatic heterocycles. The SMILES string of the molecule is CCCC1(C2CCN(C(=O)c3ccc(OC)c(F)c3)CC2)NC(=O)N(CCc2ccccn2)C1=O. The van der Waals surface area contributed by atoms with Crippen molar-refractivity contribution in [2.24, 2.45) is 5.92 Å². The van der Waals surface area contributed by atoms with Gasteiger partial charge in [0.2, 0.25) is 0 Å². The number of pyridine rings is 1. The first-order chi connectivity index (χ1) is 16.9.